The summed E-state index contributed by atoms with van der Waals surface area (Å²) in [7, 11) is 0. The number of carboxylic acids is 1. The largest absolute Gasteiger partial charge is 0.503 e. The fourth-order valence-corrected chi connectivity index (χ4v) is 5.78. The average Bonchev–Trinajstić information content (AvgIpc) is 3.80. The molecule has 0 radical (unpaired) electrons. The van der Waals surface area contributed by atoms with E-state index in [9.17, 15) is 29.4 Å². The quantitative estimate of drug-likeness (QED) is 0.0692. The van der Waals surface area contributed by atoms with Gasteiger partial charge >= 0.3 is 11.9 Å². The second kappa shape index (κ2) is 16.8. The predicted molar refractivity (Wildman–Crippen MR) is 197 cm³/mol. The lowest BCUT2D eigenvalue weighted by Gasteiger charge is -2.34. The topological polar surface area (TPSA) is 165 Å². The van der Waals surface area contributed by atoms with E-state index in [-0.39, 0.29) is 25.5 Å². The summed E-state index contributed by atoms with van der Waals surface area (Å²) >= 11 is 0. The summed E-state index contributed by atoms with van der Waals surface area (Å²) in [5, 5.41) is 23.8. The van der Waals surface area contributed by atoms with Crippen LogP contribution < -0.4 is 14.8 Å². The molecule has 0 unspecified atom stereocenters. The minimum atomic E-state index is -1.43. The highest BCUT2D eigenvalue weighted by Crippen LogP contribution is 2.38. The lowest BCUT2D eigenvalue weighted by molar-refractivity contribution is -0.152. The Kier molecular flexibility index (Phi) is 12.0. The van der Waals surface area contributed by atoms with E-state index in [0.717, 1.165) is 11.1 Å². The van der Waals surface area contributed by atoms with Gasteiger partial charge in [0.2, 0.25) is 6.79 Å². The summed E-state index contributed by atoms with van der Waals surface area (Å²) in [5.41, 5.74) is 0.472. The van der Waals surface area contributed by atoms with Crippen LogP contribution in [0, 0.1) is 0 Å². The number of fused-ring (bicyclic) bond motifs is 1. The maximum atomic E-state index is 14.3. The van der Waals surface area contributed by atoms with E-state index < -0.39 is 59.1 Å². The number of aliphatic carboxylic acids is 1. The van der Waals surface area contributed by atoms with E-state index >= 15 is 0 Å². The van der Waals surface area contributed by atoms with E-state index in [2.05, 4.69) is 5.32 Å². The molecule has 0 bridgehead atoms. The molecule has 0 fully saturated rings. The lowest BCUT2D eigenvalue weighted by atomic mass is 9.87. The average molecular weight is 723 g/mol. The van der Waals surface area contributed by atoms with E-state index in [1.165, 1.54) is 4.90 Å². The highest BCUT2D eigenvalue weighted by molar-refractivity contribution is 6.04. The first kappa shape index (κ1) is 37.9. The van der Waals surface area contributed by atoms with Gasteiger partial charge in [-0.25, -0.2) is 4.79 Å². The van der Waals surface area contributed by atoms with Crippen LogP contribution in [0.15, 0.2) is 113 Å². The van der Waals surface area contributed by atoms with Crippen LogP contribution in [0.2, 0.25) is 0 Å². The Labute approximate surface area is 307 Å². The van der Waals surface area contributed by atoms with Crippen molar-refractivity contribution in [3.05, 3.63) is 131 Å². The van der Waals surface area contributed by atoms with Crippen molar-refractivity contribution in [2.24, 2.45) is 0 Å². The summed E-state index contributed by atoms with van der Waals surface area (Å²) in [5.74, 6) is -4.00. The molecule has 0 saturated heterocycles. The van der Waals surface area contributed by atoms with Crippen molar-refractivity contribution < 1.29 is 48.0 Å². The number of rotatable bonds is 14. The van der Waals surface area contributed by atoms with Gasteiger partial charge < -0.3 is 39.1 Å². The van der Waals surface area contributed by atoms with Gasteiger partial charge in [-0.2, -0.15) is 0 Å². The maximum Gasteiger partial charge on any atom is 0.339 e. The molecule has 3 aromatic carbocycles. The van der Waals surface area contributed by atoms with Crippen LogP contribution in [-0.2, 0) is 25.5 Å². The number of nitrogens with zero attached hydrogens (tertiary/aromatic N) is 1. The zero-order valence-electron chi connectivity index (χ0n) is 29.9. The second-order valence-corrected chi connectivity index (χ2v) is 13.4. The van der Waals surface area contributed by atoms with Crippen LogP contribution in [0.3, 0.4) is 0 Å². The second-order valence-electron chi connectivity index (χ2n) is 13.4. The molecule has 276 valence electrons. The van der Waals surface area contributed by atoms with Gasteiger partial charge in [-0.1, -0.05) is 66.7 Å². The van der Waals surface area contributed by atoms with E-state index in [1.54, 1.807) is 88.4 Å². The van der Waals surface area contributed by atoms with Gasteiger partial charge in [-0.3, -0.25) is 14.4 Å². The fourth-order valence-electron chi connectivity index (χ4n) is 5.78. The smallest absolute Gasteiger partial charge is 0.339 e. The number of nitrogens with one attached hydrogen (secondary N) is 1. The molecule has 0 spiro atoms. The number of esters is 1. The number of hydrogen-bond acceptors (Lipinski definition) is 9. The number of ether oxygens (including phenoxy) is 3. The highest BCUT2D eigenvalue weighted by Gasteiger charge is 2.35. The zero-order chi connectivity index (χ0) is 38.1. The standard InChI is InChI=1S/C41H42N2O10/c1-26(43(21-11-14-27-12-7-5-8-13-27)39(48)37(46)32(24-36(44)45)40(49)53-41(2,3)4)31(28-17-19-33-35(22-28)51-25-50-33)23-30-18-20-34(52-30)38(47)42-29-15-9-6-10-16-29/h5-20,22,26,31,46H,21,23-25H2,1-4H3,(H,42,47)(H,44,45)/t26-,31+/m0/s1. The first-order valence-corrected chi connectivity index (χ1v) is 17.0. The van der Waals surface area contributed by atoms with Crippen molar-refractivity contribution in [2.45, 2.75) is 58.1 Å². The van der Waals surface area contributed by atoms with Crippen LogP contribution in [-0.4, -0.2) is 63.8 Å². The Hall–Kier alpha value is -6.30. The predicted octanol–water partition coefficient (Wildman–Crippen LogP) is 7.15. The van der Waals surface area contributed by atoms with Crippen LogP contribution in [0.5, 0.6) is 11.5 Å². The molecule has 1 aliphatic rings. The molecule has 4 aromatic rings. The van der Waals surface area contributed by atoms with Gasteiger partial charge in [0.25, 0.3) is 11.8 Å². The maximum absolute atomic E-state index is 14.3. The van der Waals surface area contributed by atoms with E-state index in [0.29, 0.717) is 22.9 Å². The normalized spacial score (nSPS) is 13.9. The molecule has 12 nitrogen and oxygen atoms in total. The number of para-hydroxylation sites is 1. The molecule has 0 saturated carbocycles. The number of amides is 2. The number of furan rings is 1. The third kappa shape index (κ3) is 10.2. The van der Waals surface area contributed by atoms with Crippen molar-refractivity contribution in [3.63, 3.8) is 0 Å². The zero-order valence-corrected chi connectivity index (χ0v) is 29.9. The molecular formula is C41H42N2O10. The summed E-state index contributed by atoms with van der Waals surface area (Å²) in [4.78, 5) is 53.7. The van der Waals surface area contributed by atoms with Gasteiger partial charge in [-0.05, 0) is 75.2 Å². The molecular weight excluding hydrogens is 680 g/mol. The number of benzene rings is 3. The van der Waals surface area contributed by atoms with Crippen molar-refractivity contribution in [1.29, 1.82) is 0 Å². The Morgan fingerprint density at radius 3 is 2.26 bits per heavy atom. The summed E-state index contributed by atoms with van der Waals surface area (Å²) in [6, 6.07) is 26.2. The molecule has 2 atom stereocenters. The Morgan fingerprint density at radius 2 is 1.58 bits per heavy atom. The van der Waals surface area contributed by atoms with Crippen molar-refractivity contribution in [2.75, 3.05) is 18.7 Å². The van der Waals surface area contributed by atoms with E-state index in [4.69, 9.17) is 18.6 Å². The number of aliphatic hydroxyl groups is 1. The minimum Gasteiger partial charge on any atom is -0.503 e. The van der Waals surface area contributed by atoms with Gasteiger partial charge in [0.1, 0.15) is 11.4 Å². The van der Waals surface area contributed by atoms with Crippen LogP contribution in [0.25, 0.3) is 6.08 Å². The van der Waals surface area contributed by atoms with Gasteiger partial charge in [0, 0.05) is 30.6 Å². The monoisotopic (exact) mass is 722 g/mol. The van der Waals surface area contributed by atoms with Crippen LogP contribution in [0.1, 0.15) is 67.5 Å². The first-order valence-electron chi connectivity index (χ1n) is 17.0. The van der Waals surface area contributed by atoms with Crippen LogP contribution in [0.4, 0.5) is 5.69 Å². The molecule has 1 aromatic heterocycles. The Morgan fingerprint density at radius 1 is 0.906 bits per heavy atom. The third-order valence-corrected chi connectivity index (χ3v) is 8.37. The lowest BCUT2D eigenvalue weighted by Crippen LogP contribution is -2.44. The molecule has 1 aliphatic heterocycles. The summed E-state index contributed by atoms with van der Waals surface area (Å²) < 4.78 is 22.6. The number of anilines is 1. The number of carbonyl (C=O) groups excluding carboxylic acids is 3. The summed E-state index contributed by atoms with van der Waals surface area (Å²) in [6.07, 6.45) is 2.78. The van der Waals surface area contributed by atoms with Gasteiger partial charge in [0.05, 0.1) is 12.0 Å². The highest BCUT2D eigenvalue weighted by atomic mass is 16.7. The molecule has 2 heterocycles. The van der Waals surface area contributed by atoms with Crippen LogP contribution >= 0.6 is 0 Å². The third-order valence-electron chi connectivity index (χ3n) is 8.37. The number of aliphatic hydroxyl groups excluding tert-OH is 1. The fraction of sp³-hybridized carbons (Fsp3) is 0.268. The van der Waals surface area contributed by atoms with Crippen molar-refractivity contribution >= 4 is 35.5 Å². The molecule has 12 heteroatoms. The SMILES string of the molecule is C[C@@H]([C@@H](Cc1ccc(C(=O)Nc2ccccc2)o1)c1ccc2c(c1)OCO2)N(CC=Cc1ccccc1)C(=O)C(O)=C(CC(=O)O)C(=O)OC(C)(C)C. The molecule has 0 aliphatic carbocycles. The number of carbonyl (C=O) groups is 4. The van der Waals surface area contributed by atoms with Gasteiger partial charge in [-0.15, -0.1) is 0 Å². The van der Waals surface area contributed by atoms with Crippen molar-refractivity contribution in [3.8, 4) is 11.5 Å². The minimum absolute atomic E-state index is 0.0433. The molecule has 3 N–H and O–H groups in total. The summed E-state index contributed by atoms with van der Waals surface area (Å²) in [6.45, 7) is 6.54. The number of hydrogen-bond donors (Lipinski definition) is 3. The first-order chi connectivity index (χ1) is 25.3. The van der Waals surface area contributed by atoms with Gasteiger partial charge in [0.15, 0.2) is 23.0 Å². The van der Waals surface area contributed by atoms with Crippen molar-refractivity contribution in [1.82, 2.24) is 4.90 Å². The number of carboxylic acid groups (broad SMARTS) is 1. The Balaban J connectivity index is 1.53. The molecule has 53 heavy (non-hydrogen) atoms. The Bertz CT molecular complexity index is 1990. The molecule has 5 rings (SSSR count). The molecule has 2 amide bonds. The van der Waals surface area contributed by atoms with E-state index in [1.807, 2.05) is 42.5 Å².